The van der Waals surface area contributed by atoms with Crippen LogP contribution in [0.4, 0.5) is 5.82 Å². The molecule has 4 aromatic rings. The molecule has 0 aliphatic rings. The summed E-state index contributed by atoms with van der Waals surface area (Å²) in [5.41, 5.74) is 9.60. The van der Waals surface area contributed by atoms with E-state index in [0.29, 0.717) is 37.6 Å². The van der Waals surface area contributed by atoms with Crippen LogP contribution >= 0.6 is 34.8 Å². The van der Waals surface area contributed by atoms with Gasteiger partial charge in [-0.2, -0.15) is 9.78 Å². The molecule has 11 nitrogen and oxygen atoms in total. The van der Waals surface area contributed by atoms with Crippen molar-refractivity contribution in [2.24, 2.45) is 5.10 Å². The lowest BCUT2D eigenvalue weighted by Gasteiger charge is -2.12. The number of anilines is 1. The molecule has 0 unspecified atom stereocenters. The topological polar surface area (TPSA) is 146 Å². The molecule has 0 fully saturated rings. The first kappa shape index (κ1) is 23.5. The Hall–Kier alpha value is -3.67. The van der Waals surface area contributed by atoms with Gasteiger partial charge in [0.05, 0.1) is 11.9 Å². The maximum Gasteiger partial charge on any atom is 0.292 e. The third-order valence-corrected chi connectivity index (χ3v) is 5.47. The van der Waals surface area contributed by atoms with Crippen LogP contribution in [0.1, 0.15) is 27.3 Å². The summed E-state index contributed by atoms with van der Waals surface area (Å²) in [7, 11) is 0. The molecule has 2 aromatic carbocycles. The van der Waals surface area contributed by atoms with Gasteiger partial charge in [0.1, 0.15) is 12.4 Å². The Morgan fingerprint density at radius 3 is 2.71 bits per heavy atom. The summed E-state index contributed by atoms with van der Waals surface area (Å²) in [6.07, 6.45) is 1.38. The van der Waals surface area contributed by atoms with E-state index in [1.807, 2.05) is 0 Å². The highest BCUT2D eigenvalue weighted by molar-refractivity contribution is 6.36. The Morgan fingerprint density at radius 2 is 2.00 bits per heavy atom. The molecule has 2 heterocycles. The molecule has 0 radical (unpaired) electrons. The van der Waals surface area contributed by atoms with Crippen LogP contribution < -0.4 is 15.9 Å². The zero-order chi connectivity index (χ0) is 24.2. The number of aryl methyl sites for hydroxylation is 1. The van der Waals surface area contributed by atoms with Gasteiger partial charge in [0.2, 0.25) is 11.6 Å². The van der Waals surface area contributed by atoms with E-state index in [9.17, 15) is 4.79 Å². The number of nitrogens with two attached hydrogens (primary N) is 1. The normalized spacial score (nSPS) is 11.2. The summed E-state index contributed by atoms with van der Waals surface area (Å²) < 4.78 is 11.5. The van der Waals surface area contributed by atoms with E-state index in [1.54, 1.807) is 43.3 Å². The van der Waals surface area contributed by atoms with Gasteiger partial charge in [-0.1, -0.05) is 46.1 Å². The van der Waals surface area contributed by atoms with Crippen LogP contribution in [0.5, 0.6) is 5.75 Å². The number of nitrogens with zero attached hydrogens (tertiary/aromatic N) is 6. The van der Waals surface area contributed by atoms with Crippen molar-refractivity contribution in [2.45, 2.75) is 13.5 Å². The zero-order valence-corrected chi connectivity index (χ0v) is 19.6. The highest BCUT2D eigenvalue weighted by atomic mass is 35.5. The minimum atomic E-state index is -0.617. The number of benzene rings is 2. The number of rotatable bonds is 7. The van der Waals surface area contributed by atoms with Gasteiger partial charge >= 0.3 is 0 Å². The van der Waals surface area contributed by atoms with Crippen LogP contribution in [0.3, 0.4) is 0 Å². The molecule has 4 rings (SSSR count). The summed E-state index contributed by atoms with van der Waals surface area (Å²) in [5.74, 6) is -0.198. The zero-order valence-electron chi connectivity index (χ0n) is 17.4. The number of halogens is 3. The van der Waals surface area contributed by atoms with Gasteiger partial charge < -0.3 is 10.5 Å². The number of nitrogens with one attached hydrogen (secondary N) is 1. The number of hydrogen-bond acceptors (Lipinski definition) is 9. The Labute approximate surface area is 207 Å². The lowest BCUT2D eigenvalue weighted by molar-refractivity contribution is 0.0946. The van der Waals surface area contributed by atoms with E-state index < -0.39 is 5.91 Å². The average molecular weight is 522 g/mol. The smallest absolute Gasteiger partial charge is 0.292 e. The minimum absolute atomic E-state index is 0.0264. The quantitative estimate of drug-likeness (QED) is 0.275. The summed E-state index contributed by atoms with van der Waals surface area (Å²) in [6.45, 7) is 1.71. The van der Waals surface area contributed by atoms with E-state index in [-0.39, 0.29) is 23.9 Å². The molecule has 0 spiro atoms. The monoisotopic (exact) mass is 520 g/mol. The summed E-state index contributed by atoms with van der Waals surface area (Å²) in [6, 6.07) is 10.1. The fraction of sp³-hybridized carbons (Fsp3) is 0.100. The van der Waals surface area contributed by atoms with Crippen LogP contribution in [-0.4, -0.2) is 37.4 Å². The van der Waals surface area contributed by atoms with Gasteiger partial charge in [0.15, 0.2) is 5.69 Å². The first-order valence-corrected chi connectivity index (χ1v) is 10.7. The van der Waals surface area contributed by atoms with Crippen LogP contribution in [0, 0.1) is 6.92 Å². The predicted molar refractivity (Wildman–Crippen MR) is 126 cm³/mol. The molecule has 0 saturated carbocycles. The van der Waals surface area contributed by atoms with E-state index >= 15 is 0 Å². The Morgan fingerprint density at radius 1 is 1.24 bits per heavy atom. The number of aromatic nitrogens is 5. The van der Waals surface area contributed by atoms with E-state index in [0.717, 1.165) is 4.68 Å². The second-order valence-corrected chi connectivity index (χ2v) is 8.03. The SMILES string of the molecule is Cc1nnn(-c2nonc2N)c1C(=O)N/N=C/c1cc(Cl)ccc1OCc1c(Cl)cccc1Cl. The molecule has 3 N–H and O–H groups in total. The van der Waals surface area contributed by atoms with Gasteiger partial charge in [-0.25, -0.2) is 10.1 Å². The Bertz CT molecular complexity index is 1370. The number of hydrazone groups is 1. The second kappa shape index (κ2) is 10.1. The van der Waals surface area contributed by atoms with Crippen LogP contribution in [0.15, 0.2) is 46.1 Å². The number of hydrogen-bond donors (Lipinski definition) is 2. The summed E-state index contributed by atoms with van der Waals surface area (Å²) in [4.78, 5) is 12.7. The number of carbonyl (C=O) groups is 1. The van der Waals surface area contributed by atoms with Crippen LogP contribution in [0.25, 0.3) is 5.82 Å². The van der Waals surface area contributed by atoms with Crippen molar-refractivity contribution < 1.29 is 14.2 Å². The predicted octanol–water partition coefficient (Wildman–Crippen LogP) is 3.84. The first-order valence-electron chi connectivity index (χ1n) is 9.54. The number of amides is 1. The molecule has 0 aliphatic carbocycles. The van der Waals surface area contributed by atoms with Gasteiger partial charge in [0, 0.05) is 26.2 Å². The van der Waals surface area contributed by atoms with Gasteiger partial charge in [-0.3, -0.25) is 4.79 Å². The van der Waals surface area contributed by atoms with Crippen LogP contribution in [0.2, 0.25) is 15.1 Å². The standard InChI is InChI=1S/C20H15Cl3N8O3/c1-10-17(31(30-26-10)19-18(24)28-34-29-19)20(32)27-25-8-11-7-12(21)5-6-16(11)33-9-13-14(22)3-2-4-15(13)23/h2-8H,9H2,1H3,(H2,24,28)(H,27,32)/b25-8+. The fourth-order valence-corrected chi connectivity index (χ4v) is 3.58. The molecule has 2 aromatic heterocycles. The second-order valence-electron chi connectivity index (χ2n) is 6.78. The average Bonchev–Trinajstić information content (AvgIpc) is 3.39. The molecular formula is C20H15Cl3N8O3. The molecule has 14 heteroatoms. The lowest BCUT2D eigenvalue weighted by Crippen LogP contribution is -2.23. The fourth-order valence-electron chi connectivity index (χ4n) is 2.89. The van der Waals surface area contributed by atoms with E-state index in [2.05, 4.69) is 35.8 Å². The van der Waals surface area contributed by atoms with E-state index in [1.165, 1.54) is 6.21 Å². The Kier molecular flexibility index (Phi) is 6.96. The molecule has 174 valence electrons. The molecule has 1 amide bonds. The molecule has 34 heavy (non-hydrogen) atoms. The van der Waals surface area contributed by atoms with Crippen molar-refractivity contribution in [3.8, 4) is 11.6 Å². The van der Waals surface area contributed by atoms with Crippen molar-refractivity contribution in [3.05, 3.63) is 74.0 Å². The van der Waals surface area contributed by atoms with Crippen LogP contribution in [-0.2, 0) is 6.61 Å². The number of nitrogen functional groups attached to an aromatic ring is 1. The maximum atomic E-state index is 12.7. The van der Waals surface area contributed by atoms with Crippen molar-refractivity contribution in [2.75, 3.05) is 5.73 Å². The summed E-state index contributed by atoms with van der Waals surface area (Å²) >= 11 is 18.5. The third-order valence-electron chi connectivity index (χ3n) is 4.53. The van der Waals surface area contributed by atoms with Crippen molar-refractivity contribution in [3.63, 3.8) is 0 Å². The molecule has 0 atom stereocenters. The van der Waals surface area contributed by atoms with Crippen molar-refractivity contribution in [1.82, 2.24) is 30.7 Å². The molecular weight excluding hydrogens is 507 g/mol. The number of ether oxygens (including phenoxy) is 1. The number of carbonyl (C=O) groups excluding carboxylic acids is 1. The Balaban J connectivity index is 1.52. The van der Waals surface area contributed by atoms with Crippen molar-refractivity contribution >= 4 is 52.7 Å². The summed E-state index contributed by atoms with van der Waals surface area (Å²) in [5, 5.41) is 20.2. The third kappa shape index (κ3) is 4.96. The highest BCUT2D eigenvalue weighted by Gasteiger charge is 2.22. The molecule has 0 aliphatic heterocycles. The lowest BCUT2D eigenvalue weighted by atomic mass is 10.2. The first-order chi connectivity index (χ1) is 16.3. The van der Waals surface area contributed by atoms with E-state index in [4.69, 9.17) is 45.3 Å². The van der Waals surface area contributed by atoms with Gasteiger partial charge in [-0.05, 0) is 47.6 Å². The highest BCUT2D eigenvalue weighted by Crippen LogP contribution is 2.28. The maximum absolute atomic E-state index is 12.7. The van der Waals surface area contributed by atoms with Gasteiger partial charge in [0.25, 0.3) is 5.91 Å². The molecule has 0 saturated heterocycles. The minimum Gasteiger partial charge on any atom is -0.488 e. The van der Waals surface area contributed by atoms with Gasteiger partial charge in [-0.15, -0.1) is 5.10 Å². The molecule has 0 bridgehead atoms. The van der Waals surface area contributed by atoms with Crippen molar-refractivity contribution in [1.29, 1.82) is 0 Å². The largest absolute Gasteiger partial charge is 0.488 e.